The second kappa shape index (κ2) is 9.27. The maximum absolute atomic E-state index is 12.8. The predicted molar refractivity (Wildman–Crippen MR) is 110 cm³/mol. The Morgan fingerprint density at radius 3 is 2.30 bits per heavy atom. The van der Waals surface area contributed by atoms with Gasteiger partial charge in [0.25, 0.3) is 5.91 Å². The van der Waals surface area contributed by atoms with E-state index in [-0.39, 0.29) is 16.8 Å². The number of nitrogens with zero attached hydrogens (tertiary/aromatic N) is 1. The van der Waals surface area contributed by atoms with Crippen molar-refractivity contribution in [2.75, 3.05) is 20.2 Å². The fourth-order valence-electron chi connectivity index (χ4n) is 3.27. The number of hydrogen-bond acceptors (Lipinski definition) is 6. The summed E-state index contributed by atoms with van der Waals surface area (Å²) in [5, 5.41) is 2.93. The summed E-state index contributed by atoms with van der Waals surface area (Å²) in [7, 11) is -2.07. The number of ether oxygens (including phenoxy) is 2. The van der Waals surface area contributed by atoms with Gasteiger partial charge in [-0.2, -0.15) is 4.31 Å². The van der Waals surface area contributed by atoms with Gasteiger partial charge in [-0.15, -0.1) is 0 Å². The number of hydrogen-bond donors (Lipinski definition) is 1. The van der Waals surface area contributed by atoms with Gasteiger partial charge in [0.15, 0.2) is 0 Å². The largest absolute Gasteiger partial charge is 0.497 e. The van der Waals surface area contributed by atoms with Crippen LogP contribution in [0.15, 0.2) is 53.4 Å². The van der Waals surface area contributed by atoms with Gasteiger partial charge in [0.05, 0.1) is 12.0 Å². The maximum atomic E-state index is 12.8. The van der Waals surface area contributed by atoms with Crippen LogP contribution < -0.4 is 14.8 Å². The van der Waals surface area contributed by atoms with Crippen LogP contribution in [0.3, 0.4) is 0 Å². The number of nitrogens with one attached hydrogen (secondary N) is 1. The first-order valence-corrected chi connectivity index (χ1v) is 11.0. The topological polar surface area (TPSA) is 102 Å². The summed E-state index contributed by atoms with van der Waals surface area (Å²) in [5.74, 6) is 0.141. The van der Waals surface area contributed by atoms with E-state index in [9.17, 15) is 18.0 Å². The van der Waals surface area contributed by atoms with Crippen LogP contribution in [0, 0.1) is 0 Å². The summed E-state index contributed by atoms with van der Waals surface area (Å²) < 4.78 is 37.1. The van der Waals surface area contributed by atoms with Crippen molar-refractivity contribution in [2.45, 2.75) is 30.7 Å². The highest BCUT2D eigenvalue weighted by molar-refractivity contribution is 7.89. The molecule has 1 aliphatic heterocycles. The molecule has 8 nitrogen and oxygen atoms in total. The Kier molecular flexibility index (Phi) is 6.73. The average molecular weight is 432 g/mol. The number of piperidine rings is 1. The van der Waals surface area contributed by atoms with Crippen LogP contribution in [-0.2, 0) is 14.8 Å². The molecule has 1 fully saturated rings. The summed E-state index contributed by atoms with van der Waals surface area (Å²) >= 11 is 0. The lowest BCUT2D eigenvalue weighted by Crippen LogP contribution is -2.46. The molecule has 30 heavy (non-hydrogen) atoms. The van der Waals surface area contributed by atoms with E-state index in [2.05, 4.69) is 5.32 Å². The molecular weight excluding hydrogens is 408 g/mol. The Balaban J connectivity index is 1.58. The van der Waals surface area contributed by atoms with Gasteiger partial charge in [0, 0.05) is 31.6 Å². The molecule has 1 amide bonds. The molecule has 2 aromatic rings. The van der Waals surface area contributed by atoms with Gasteiger partial charge >= 0.3 is 5.97 Å². The zero-order valence-corrected chi connectivity index (χ0v) is 17.6. The van der Waals surface area contributed by atoms with Gasteiger partial charge < -0.3 is 14.8 Å². The molecule has 160 valence electrons. The molecule has 3 rings (SSSR count). The monoisotopic (exact) mass is 432 g/mol. The first kappa shape index (κ1) is 21.8. The molecule has 2 aromatic carbocycles. The van der Waals surface area contributed by atoms with E-state index in [1.165, 1.54) is 36.5 Å². The Morgan fingerprint density at radius 1 is 1.03 bits per heavy atom. The Bertz CT molecular complexity index is 1010. The van der Waals surface area contributed by atoms with Gasteiger partial charge in [0.1, 0.15) is 11.5 Å². The van der Waals surface area contributed by atoms with E-state index in [1.807, 2.05) is 0 Å². The number of esters is 1. The summed E-state index contributed by atoms with van der Waals surface area (Å²) in [5.41, 5.74) is 0.377. The highest BCUT2D eigenvalue weighted by atomic mass is 32.2. The van der Waals surface area contributed by atoms with Crippen LogP contribution in [0.4, 0.5) is 0 Å². The number of methoxy groups -OCH3 is 1. The van der Waals surface area contributed by atoms with Crippen molar-refractivity contribution in [3.05, 3.63) is 54.1 Å². The van der Waals surface area contributed by atoms with Crippen LogP contribution in [-0.4, -0.2) is 50.8 Å². The minimum atomic E-state index is -3.59. The van der Waals surface area contributed by atoms with Crippen LogP contribution in [0.2, 0.25) is 0 Å². The summed E-state index contributed by atoms with van der Waals surface area (Å²) in [6.07, 6.45) is 1.01. The van der Waals surface area contributed by atoms with E-state index in [4.69, 9.17) is 9.47 Å². The molecule has 0 unspecified atom stereocenters. The quantitative estimate of drug-likeness (QED) is 0.555. The van der Waals surface area contributed by atoms with Crippen molar-refractivity contribution in [3.8, 4) is 11.5 Å². The molecular formula is C21H24N2O6S. The van der Waals surface area contributed by atoms with Crippen molar-refractivity contribution in [3.63, 3.8) is 0 Å². The minimum Gasteiger partial charge on any atom is -0.497 e. The van der Waals surface area contributed by atoms with Crippen LogP contribution in [0.1, 0.15) is 30.1 Å². The summed E-state index contributed by atoms with van der Waals surface area (Å²) in [6, 6.07) is 12.5. The van der Waals surface area contributed by atoms with Crippen LogP contribution in [0.5, 0.6) is 11.5 Å². The summed E-state index contributed by atoms with van der Waals surface area (Å²) in [6.45, 7) is 1.92. The molecule has 0 radical (unpaired) electrons. The molecule has 0 spiro atoms. The second-order valence-corrected chi connectivity index (χ2v) is 8.89. The van der Waals surface area contributed by atoms with E-state index >= 15 is 0 Å². The standard InChI is InChI=1S/C21H24N2O6S/c1-15(24)29-19-5-3-4-16(14-19)21(25)22-17-10-12-23(13-11-17)30(26,27)20-8-6-18(28-2)7-9-20/h3-9,14,17H,10-13H2,1-2H3,(H,22,25). The third kappa shape index (κ3) is 5.17. The lowest BCUT2D eigenvalue weighted by atomic mass is 10.1. The van der Waals surface area contributed by atoms with E-state index in [0.29, 0.717) is 43.0 Å². The van der Waals surface area contributed by atoms with Crippen LogP contribution in [0.25, 0.3) is 0 Å². The molecule has 0 aromatic heterocycles. The minimum absolute atomic E-state index is 0.141. The molecule has 1 N–H and O–H groups in total. The van der Waals surface area contributed by atoms with Gasteiger partial charge in [-0.05, 0) is 55.3 Å². The van der Waals surface area contributed by atoms with Gasteiger partial charge in [-0.25, -0.2) is 8.42 Å². The molecule has 9 heteroatoms. The van der Waals surface area contributed by atoms with Crippen molar-refractivity contribution < 1.29 is 27.5 Å². The SMILES string of the molecule is COc1ccc(S(=O)(=O)N2CCC(NC(=O)c3cccc(OC(C)=O)c3)CC2)cc1. The van der Waals surface area contributed by atoms with Crippen molar-refractivity contribution in [2.24, 2.45) is 0 Å². The molecule has 1 heterocycles. The smallest absolute Gasteiger partial charge is 0.308 e. The zero-order valence-electron chi connectivity index (χ0n) is 16.8. The third-order valence-electron chi connectivity index (χ3n) is 4.84. The van der Waals surface area contributed by atoms with E-state index < -0.39 is 16.0 Å². The molecule has 0 bridgehead atoms. The number of benzene rings is 2. The Hall–Kier alpha value is -2.91. The van der Waals surface area contributed by atoms with Gasteiger partial charge in [-0.3, -0.25) is 9.59 Å². The molecule has 0 atom stereocenters. The number of sulfonamides is 1. The number of rotatable bonds is 6. The van der Waals surface area contributed by atoms with Gasteiger partial charge in [0.2, 0.25) is 10.0 Å². The normalized spacial score (nSPS) is 15.4. The molecule has 0 saturated carbocycles. The fraction of sp³-hybridized carbons (Fsp3) is 0.333. The van der Waals surface area contributed by atoms with Crippen molar-refractivity contribution in [1.29, 1.82) is 0 Å². The number of amides is 1. The maximum Gasteiger partial charge on any atom is 0.308 e. The molecule has 0 aliphatic carbocycles. The summed E-state index contributed by atoms with van der Waals surface area (Å²) in [4.78, 5) is 23.8. The van der Waals surface area contributed by atoms with Gasteiger partial charge in [-0.1, -0.05) is 6.07 Å². The number of carbonyl (C=O) groups is 2. The van der Waals surface area contributed by atoms with Crippen LogP contribution >= 0.6 is 0 Å². The highest BCUT2D eigenvalue weighted by Crippen LogP contribution is 2.23. The first-order chi connectivity index (χ1) is 14.3. The second-order valence-electron chi connectivity index (χ2n) is 6.95. The third-order valence-corrected chi connectivity index (χ3v) is 6.76. The van der Waals surface area contributed by atoms with E-state index in [0.717, 1.165) is 0 Å². The van der Waals surface area contributed by atoms with E-state index in [1.54, 1.807) is 30.3 Å². The van der Waals surface area contributed by atoms with Crippen molar-refractivity contribution >= 4 is 21.9 Å². The van der Waals surface area contributed by atoms with Crippen molar-refractivity contribution in [1.82, 2.24) is 9.62 Å². The Morgan fingerprint density at radius 2 is 1.70 bits per heavy atom. The molecule has 1 aliphatic rings. The predicted octanol–water partition coefficient (Wildman–Crippen LogP) is 2.20. The highest BCUT2D eigenvalue weighted by Gasteiger charge is 2.30. The lowest BCUT2D eigenvalue weighted by Gasteiger charge is -2.31. The zero-order chi connectivity index (χ0) is 21.7. The average Bonchev–Trinajstić information content (AvgIpc) is 2.74. The number of carbonyl (C=O) groups excluding carboxylic acids is 2. The first-order valence-electron chi connectivity index (χ1n) is 9.53. The Labute approximate surface area is 175 Å². The molecule has 1 saturated heterocycles. The lowest BCUT2D eigenvalue weighted by molar-refractivity contribution is -0.131. The fourth-order valence-corrected chi connectivity index (χ4v) is 4.74.